The van der Waals surface area contributed by atoms with Crippen LogP contribution in [0.25, 0.3) is 0 Å². The number of carbonyl (C=O) groups excluding carboxylic acids is 2. The van der Waals surface area contributed by atoms with E-state index in [1.165, 1.54) is 11.3 Å². The van der Waals surface area contributed by atoms with Crippen LogP contribution in [0.1, 0.15) is 48.1 Å². The number of thiophene rings is 1. The number of aryl methyl sites for hydroxylation is 2. The van der Waals surface area contributed by atoms with Gasteiger partial charge in [-0.15, -0.1) is 11.3 Å². The second-order valence-corrected chi connectivity index (χ2v) is 8.72. The molecular formula is C18H24N4O2S. The molecule has 0 spiro atoms. The minimum Gasteiger partial charge on any atom is -0.333 e. The SMILES string of the molecule is Cc1cc(C(=O)N2CCCn3cncc3C2)c(NC(=O)C(C)(C)C)s1. The van der Waals surface area contributed by atoms with E-state index in [1.54, 1.807) is 0 Å². The Labute approximate surface area is 151 Å². The summed E-state index contributed by atoms with van der Waals surface area (Å²) in [6.07, 6.45) is 4.52. The lowest BCUT2D eigenvalue weighted by Gasteiger charge is -2.21. The third kappa shape index (κ3) is 3.76. The van der Waals surface area contributed by atoms with Crippen molar-refractivity contribution in [3.63, 3.8) is 0 Å². The van der Waals surface area contributed by atoms with E-state index >= 15 is 0 Å². The van der Waals surface area contributed by atoms with E-state index in [1.807, 2.05) is 51.2 Å². The Bertz CT molecular complexity index is 800. The number of imidazole rings is 1. The Kier molecular flexibility index (Phi) is 4.69. The largest absolute Gasteiger partial charge is 0.333 e. The predicted molar refractivity (Wildman–Crippen MR) is 98.7 cm³/mol. The zero-order valence-electron chi connectivity index (χ0n) is 15.1. The molecule has 25 heavy (non-hydrogen) atoms. The first-order valence-electron chi connectivity index (χ1n) is 8.46. The molecule has 0 saturated heterocycles. The highest BCUT2D eigenvalue weighted by molar-refractivity contribution is 7.16. The number of hydrogen-bond acceptors (Lipinski definition) is 4. The van der Waals surface area contributed by atoms with E-state index in [9.17, 15) is 9.59 Å². The first kappa shape index (κ1) is 17.7. The van der Waals surface area contributed by atoms with E-state index in [4.69, 9.17) is 0 Å². The predicted octanol–water partition coefficient (Wildman–Crippen LogP) is 3.28. The van der Waals surface area contributed by atoms with Crippen LogP contribution in [0.2, 0.25) is 0 Å². The Morgan fingerprint density at radius 3 is 2.76 bits per heavy atom. The molecule has 3 rings (SSSR count). The van der Waals surface area contributed by atoms with Gasteiger partial charge in [0, 0.05) is 29.6 Å². The normalized spacial score (nSPS) is 14.8. The highest BCUT2D eigenvalue weighted by Gasteiger charge is 2.27. The standard InChI is InChI=1S/C18H24N4O2S/c1-12-8-14(15(25-12)20-17(24)18(2,3)4)16(23)21-6-5-7-22-11-19-9-13(22)10-21/h8-9,11H,5-7,10H2,1-4H3,(H,20,24). The van der Waals surface area contributed by atoms with E-state index in [0.717, 1.165) is 23.5 Å². The van der Waals surface area contributed by atoms with Gasteiger partial charge in [0.05, 0.1) is 24.1 Å². The number of anilines is 1. The molecule has 2 aromatic heterocycles. The van der Waals surface area contributed by atoms with Gasteiger partial charge in [0.25, 0.3) is 5.91 Å². The number of nitrogens with one attached hydrogen (secondary N) is 1. The summed E-state index contributed by atoms with van der Waals surface area (Å²) in [6, 6.07) is 1.87. The summed E-state index contributed by atoms with van der Waals surface area (Å²) in [7, 11) is 0. The third-order valence-corrected chi connectivity index (χ3v) is 5.23. The van der Waals surface area contributed by atoms with Crippen molar-refractivity contribution in [1.29, 1.82) is 0 Å². The zero-order chi connectivity index (χ0) is 18.2. The molecule has 0 bridgehead atoms. The second-order valence-electron chi connectivity index (χ2n) is 7.46. The van der Waals surface area contributed by atoms with Crippen molar-refractivity contribution >= 4 is 28.2 Å². The molecule has 6 nitrogen and oxygen atoms in total. The van der Waals surface area contributed by atoms with Gasteiger partial charge in [-0.1, -0.05) is 20.8 Å². The number of carbonyl (C=O) groups is 2. The van der Waals surface area contributed by atoms with Crippen molar-refractivity contribution < 1.29 is 9.59 Å². The maximum absolute atomic E-state index is 13.1. The van der Waals surface area contributed by atoms with Crippen molar-refractivity contribution in [3.05, 3.63) is 34.7 Å². The fourth-order valence-electron chi connectivity index (χ4n) is 2.79. The van der Waals surface area contributed by atoms with Gasteiger partial charge in [-0.05, 0) is 19.4 Å². The highest BCUT2D eigenvalue weighted by Crippen LogP contribution is 2.31. The molecule has 0 atom stereocenters. The number of hydrogen-bond donors (Lipinski definition) is 1. The number of fused-ring (bicyclic) bond motifs is 1. The van der Waals surface area contributed by atoms with Crippen LogP contribution >= 0.6 is 11.3 Å². The van der Waals surface area contributed by atoms with Crippen molar-refractivity contribution in [3.8, 4) is 0 Å². The number of aromatic nitrogens is 2. The molecule has 1 aliphatic heterocycles. The molecule has 0 aromatic carbocycles. The van der Waals surface area contributed by atoms with Crippen molar-refractivity contribution in [1.82, 2.24) is 14.5 Å². The molecule has 0 unspecified atom stereocenters. The van der Waals surface area contributed by atoms with Crippen LogP contribution in [-0.2, 0) is 17.9 Å². The Balaban J connectivity index is 1.84. The lowest BCUT2D eigenvalue weighted by atomic mass is 9.96. The van der Waals surface area contributed by atoms with E-state index in [2.05, 4.69) is 14.9 Å². The second kappa shape index (κ2) is 6.63. The van der Waals surface area contributed by atoms with Crippen molar-refractivity contribution in [2.75, 3.05) is 11.9 Å². The van der Waals surface area contributed by atoms with Crippen LogP contribution in [0.3, 0.4) is 0 Å². The van der Waals surface area contributed by atoms with Gasteiger partial charge in [-0.2, -0.15) is 0 Å². The van der Waals surface area contributed by atoms with Crippen LogP contribution in [0.15, 0.2) is 18.6 Å². The Hall–Kier alpha value is -2.15. The van der Waals surface area contributed by atoms with E-state index < -0.39 is 5.41 Å². The average molecular weight is 360 g/mol. The summed E-state index contributed by atoms with van der Waals surface area (Å²) in [5.74, 6) is -0.124. The van der Waals surface area contributed by atoms with Crippen LogP contribution in [0, 0.1) is 12.3 Å². The van der Waals surface area contributed by atoms with Crippen LogP contribution in [0.4, 0.5) is 5.00 Å². The summed E-state index contributed by atoms with van der Waals surface area (Å²) in [6.45, 7) is 9.64. The van der Waals surface area contributed by atoms with Crippen molar-refractivity contribution in [2.45, 2.75) is 47.2 Å². The van der Waals surface area contributed by atoms with E-state index in [-0.39, 0.29) is 11.8 Å². The maximum Gasteiger partial charge on any atom is 0.257 e. The minimum absolute atomic E-state index is 0.0387. The first-order valence-corrected chi connectivity index (χ1v) is 9.27. The molecule has 1 aliphatic rings. The monoisotopic (exact) mass is 360 g/mol. The maximum atomic E-state index is 13.1. The summed E-state index contributed by atoms with van der Waals surface area (Å²) in [5, 5.41) is 3.57. The van der Waals surface area contributed by atoms with Gasteiger partial charge >= 0.3 is 0 Å². The first-order chi connectivity index (χ1) is 11.8. The van der Waals surface area contributed by atoms with Crippen LogP contribution in [0.5, 0.6) is 0 Å². The third-order valence-electron chi connectivity index (χ3n) is 4.26. The van der Waals surface area contributed by atoms with E-state index in [0.29, 0.717) is 23.7 Å². The molecule has 0 fully saturated rings. The van der Waals surface area contributed by atoms with Crippen LogP contribution < -0.4 is 5.32 Å². The molecule has 7 heteroatoms. The topological polar surface area (TPSA) is 67.2 Å². The molecule has 134 valence electrons. The fraction of sp³-hybridized carbons (Fsp3) is 0.500. The average Bonchev–Trinajstić information content (AvgIpc) is 3.06. The Morgan fingerprint density at radius 1 is 1.28 bits per heavy atom. The zero-order valence-corrected chi connectivity index (χ0v) is 15.9. The van der Waals surface area contributed by atoms with Gasteiger partial charge in [0.15, 0.2) is 0 Å². The summed E-state index contributed by atoms with van der Waals surface area (Å²) in [4.78, 5) is 32.5. The van der Waals surface area contributed by atoms with Gasteiger partial charge in [-0.3, -0.25) is 9.59 Å². The van der Waals surface area contributed by atoms with Gasteiger partial charge < -0.3 is 14.8 Å². The number of nitrogens with zero attached hydrogens (tertiary/aromatic N) is 3. The summed E-state index contributed by atoms with van der Waals surface area (Å²) < 4.78 is 2.09. The molecular weight excluding hydrogens is 336 g/mol. The molecule has 3 heterocycles. The lowest BCUT2D eigenvalue weighted by Crippen LogP contribution is -2.32. The smallest absolute Gasteiger partial charge is 0.257 e. The molecule has 0 saturated carbocycles. The van der Waals surface area contributed by atoms with Crippen molar-refractivity contribution in [2.24, 2.45) is 5.41 Å². The molecule has 0 radical (unpaired) electrons. The summed E-state index contributed by atoms with van der Waals surface area (Å²) >= 11 is 1.45. The number of amides is 2. The summed E-state index contributed by atoms with van der Waals surface area (Å²) in [5.41, 5.74) is 1.11. The number of rotatable bonds is 2. The van der Waals surface area contributed by atoms with Gasteiger partial charge in [-0.25, -0.2) is 4.98 Å². The van der Waals surface area contributed by atoms with Crippen LogP contribution in [-0.4, -0.2) is 32.8 Å². The molecule has 2 amide bonds. The Morgan fingerprint density at radius 2 is 2.04 bits per heavy atom. The minimum atomic E-state index is -0.507. The van der Waals surface area contributed by atoms with Gasteiger partial charge in [0.2, 0.25) is 5.91 Å². The quantitative estimate of drug-likeness (QED) is 0.894. The molecule has 0 aliphatic carbocycles. The van der Waals surface area contributed by atoms with Gasteiger partial charge in [0.1, 0.15) is 5.00 Å². The lowest BCUT2D eigenvalue weighted by molar-refractivity contribution is -0.123. The highest BCUT2D eigenvalue weighted by atomic mass is 32.1. The molecule has 1 N–H and O–H groups in total. The molecule has 2 aromatic rings. The fourth-order valence-corrected chi connectivity index (χ4v) is 3.69.